The average molecular weight is 458 g/mol. The summed E-state index contributed by atoms with van der Waals surface area (Å²) in [5.41, 5.74) is -3.73. The van der Waals surface area contributed by atoms with Crippen LogP contribution in [0.1, 0.15) is 13.8 Å². The first-order valence-corrected chi connectivity index (χ1v) is 10.8. The second-order valence-electron chi connectivity index (χ2n) is 6.99. The highest BCUT2D eigenvalue weighted by Crippen LogP contribution is 2.40. The van der Waals surface area contributed by atoms with E-state index in [9.17, 15) is 31.5 Å². The Morgan fingerprint density at radius 3 is 2.28 bits per heavy atom. The zero-order valence-corrected chi connectivity index (χ0v) is 17.7. The molecule has 1 aliphatic rings. The zero-order valence-electron chi connectivity index (χ0n) is 16.2. The maximum Gasteiger partial charge on any atom is 0.426 e. The van der Waals surface area contributed by atoms with Gasteiger partial charge >= 0.3 is 6.18 Å². The summed E-state index contributed by atoms with van der Waals surface area (Å²) < 4.78 is 63.8. The number of amides is 1. The molecule has 1 atom stereocenters. The van der Waals surface area contributed by atoms with Crippen LogP contribution in [0.5, 0.6) is 0 Å². The lowest BCUT2D eigenvalue weighted by molar-refractivity contribution is -0.242. The molecule has 2 rings (SSSR count). The number of hydrogen-bond acceptors (Lipinski definition) is 6. The van der Waals surface area contributed by atoms with E-state index in [1.165, 1.54) is 13.0 Å². The third-order valence-electron chi connectivity index (χ3n) is 4.86. The number of hydrogen-bond donors (Lipinski definition) is 2. The van der Waals surface area contributed by atoms with Crippen LogP contribution in [0.4, 0.5) is 24.5 Å². The van der Waals surface area contributed by atoms with E-state index in [1.54, 1.807) is 4.90 Å². The van der Waals surface area contributed by atoms with E-state index in [2.05, 4.69) is 0 Å². The molecule has 2 N–H and O–H groups in total. The first kappa shape index (κ1) is 23.7. The number of nitrogens with one attached hydrogen (secondary N) is 1. The molecule has 1 heterocycles. The van der Waals surface area contributed by atoms with Crippen molar-refractivity contribution in [3.8, 4) is 0 Å². The van der Waals surface area contributed by atoms with Gasteiger partial charge in [0.05, 0.1) is 27.0 Å². The van der Waals surface area contributed by atoms with Crippen molar-refractivity contribution in [3.05, 3.63) is 17.2 Å². The topological polar surface area (TPSA) is 89.9 Å². The summed E-state index contributed by atoms with van der Waals surface area (Å²) in [6.45, 7) is 3.93. The Morgan fingerprint density at radius 2 is 1.79 bits per heavy atom. The number of sulfone groups is 1. The lowest BCUT2D eigenvalue weighted by atomic mass is 10.1. The van der Waals surface area contributed by atoms with Gasteiger partial charge in [-0.3, -0.25) is 4.79 Å². The second kappa shape index (κ2) is 8.29. The molecule has 12 heteroatoms. The summed E-state index contributed by atoms with van der Waals surface area (Å²) in [4.78, 5) is 15.7. The van der Waals surface area contributed by atoms with E-state index < -0.39 is 27.5 Å². The number of carbonyl (C=O) groups is 1. The SMILES string of the molecule is CCS(=O)(=O)c1ccc(NC(=O)[C@@](C)(O)C(F)(F)F)c(Cl)c1N1CCN(C)CC1. The van der Waals surface area contributed by atoms with Crippen LogP contribution in [0.15, 0.2) is 17.0 Å². The van der Waals surface area contributed by atoms with E-state index >= 15 is 0 Å². The quantitative estimate of drug-likeness (QED) is 0.704. The van der Waals surface area contributed by atoms with Gasteiger partial charge in [-0.1, -0.05) is 18.5 Å². The van der Waals surface area contributed by atoms with E-state index in [4.69, 9.17) is 11.6 Å². The van der Waals surface area contributed by atoms with Crippen LogP contribution >= 0.6 is 11.6 Å². The van der Waals surface area contributed by atoms with Gasteiger partial charge < -0.3 is 20.2 Å². The fraction of sp³-hybridized carbons (Fsp3) is 0.588. The molecule has 0 aliphatic carbocycles. The van der Waals surface area contributed by atoms with Crippen LogP contribution in [0.25, 0.3) is 0 Å². The number of piperazine rings is 1. The Kier molecular flexibility index (Phi) is 6.78. The molecule has 0 radical (unpaired) electrons. The molecular weight excluding hydrogens is 435 g/mol. The normalized spacial score (nSPS) is 18.4. The fourth-order valence-corrected chi connectivity index (χ4v) is 4.25. The number of nitrogens with zero attached hydrogens (tertiary/aromatic N) is 2. The number of benzene rings is 1. The number of rotatable bonds is 5. The molecule has 0 aromatic heterocycles. The van der Waals surface area contributed by atoms with Crippen LogP contribution in [0.3, 0.4) is 0 Å². The maximum absolute atomic E-state index is 12.9. The largest absolute Gasteiger partial charge is 0.426 e. The minimum absolute atomic E-state index is 0.0601. The van der Waals surface area contributed by atoms with Gasteiger partial charge in [0.2, 0.25) is 5.60 Å². The zero-order chi connectivity index (χ0) is 22.2. The van der Waals surface area contributed by atoms with Gasteiger partial charge in [-0.15, -0.1) is 0 Å². The van der Waals surface area contributed by atoms with Crippen LogP contribution in [-0.2, 0) is 14.6 Å². The average Bonchev–Trinajstić information content (AvgIpc) is 2.63. The van der Waals surface area contributed by atoms with E-state index in [-0.39, 0.29) is 27.0 Å². The van der Waals surface area contributed by atoms with E-state index in [1.807, 2.05) is 17.3 Å². The highest BCUT2D eigenvalue weighted by atomic mass is 35.5. The number of likely N-dealkylation sites (N-methyl/N-ethyl adjacent to an activating group) is 1. The summed E-state index contributed by atoms with van der Waals surface area (Å²) >= 11 is 6.36. The van der Waals surface area contributed by atoms with E-state index in [0.717, 1.165) is 6.07 Å². The Morgan fingerprint density at radius 1 is 1.24 bits per heavy atom. The summed E-state index contributed by atoms with van der Waals surface area (Å²) in [6, 6.07) is 2.32. The Labute approximate surface area is 172 Å². The van der Waals surface area contributed by atoms with Crippen molar-refractivity contribution < 1.29 is 31.5 Å². The van der Waals surface area contributed by atoms with Gasteiger partial charge in [-0.05, 0) is 26.1 Å². The van der Waals surface area contributed by atoms with Crippen molar-refractivity contribution in [1.29, 1.82) is 0 Å². The number of aliphatic hydroxyl groups is 1. The fourth-order valence-electron chi connectivity index (χ4n) is 2.75. The Bertz CT molecular complexity index is 883. The third kappa shape index (κ3) is 4.79. The van der Waals surface area contributed by atoms with Crippen molar-refractivity contribution in [2.45, 2.75) is 30.5 Å². The van der Waals surface area contributed by atoms with Crippen LogP contribution < -0.4 is 10.2 Å². The molecule has 164 valence electrons. The predicted molar refractivity (Wildman–Crippen MR) is 104 cm³/mol. The molecule has 1 amide bonds. The molecule has 1 aromatic carbocycles. The monoisotopic (exact) mass is 457 g/mol. The van der Waals surface area contributed by atoms with Gasteiger partial charge in [0.15, 0.2) is 9.84 Å². The highest BCUT2D eigenvalue weighted by molar-refractivity contribution is 7.91. The lowest BCUT2D eigenvalue weighted by Gasteiger charge is -2.36. The summed E-state index contributed by atoms with van der Waals surface area (Å²) in [5, 5.41) is 11.3. The molecule has 1 aromatic rings. The standard InChI is InChI=1S/C17H23ClF3N3O4S/c1-4-29(27,28)12-6-5-11(22-15(25)16(2,26)17(19,20)21)13(18)14(12)24-9-7-23(3)8-10-24/h5-6,26H,4,7-10H2,1-3H3,(H,22,25)/t16-/m1/s1. The molecule has 7 nitrogen and oxygen atoms in total. The van der Waals surface area contributed by atoms with Crippen LogP contribution in [0, 0.1) is 0 Å². The molecular formula is C17H23ClF3N3O4S. The Hall–Kier alpha value is -1.56. The van der Waals surface area contributed by atoms with Crippen molar-refractivity contribution in [2.24, 2.45) is 0 Å². The predicted octanol–water partition coefficient (Wildman–Crippen LogP) is 2.14. The molecule has 1 aliphatic heterocycles. The molecule has 0 saturated carbocycles. The summed E-state index contributed by atoms with van der Waals surface area (Å²) in [7, 11) is -1.79. The maximum atomic E-state index is 12.9. The Balaban J connectivity index is 2.52. The molecule has 1 fully saturated rings. The molecule has 1 saturated heterocycles. The van der Waals surface area contributed by atoms with Crippen molar-refractivity contribution in [3.63, 3.8) is 0 Å². The number of halogens is 4. The van der Waals surface area contributed by atoms with Crippen molar-refractivity contribution in [2.75, 3.05) is 49.2 Å². The summed E-state index contributed by atoms with van der Waals surface area (Å²) in [5.74, 6) is -1.92. The van der Waals surface area contributed by atoms with E-state index in [0.29, 0.717) is 33.1 Å². The molecule has 0 spiro atoms. The van der Waals surface area contributed by atoms with Gasteiger partial charge in [-0.2, -0.15) is 13.2 Å². The third-order valence-corrected chi connectivity index (χ3v) is 7.00. The number of carbonyl (C=O) groups excluding carboxylic acids is 1. The second-order valence-corrected chi connectivity index (χ2v) is 9.62. The minimum Gasteiger partial charge on any atom is -0.373 e. The first-order valence-electron chi connectivity index (χ1n) is 8.81. The van der Waals surface area contributed by atoms with Gasteiger partial charge in [-0.25, -0.2) is 8.42 Å². The smallest absolute Gasteiger partial charge is 0.373 e. The van der Waals surface area contributed by atoms with Crippen molar-refractivity contribution >= 4 is 38.7 Å². The van der Waals surface area contributed by atoms with Crippen molar-refractivity contribution in [1.82, 2.24) is 4.90 Å². The van der Waals surface area contributed by atoms with Gasteiger partial charge in [0.1, 0.15) is 0 Å². The first-order chi connectivity index (χ1) is 13.2. The molecule has 29 heavy (non-hydrogen) atoms. The van der Waals surface area contributed by atoms with Crippen LogP contribution in [-0.4, -0.2) is 75.1 Å². The number of anilines is 2. The molecule has 0 unspecified atom stereocenters. The van der Waals surface area contributed by atoms with Gasteiger partial charge in [0, 0.05) is 26.2 Å². The molecule has 0 bridgehead atoms. The van der Waals surface area contributed by atoms with Crippen LogP contribution in [0.2, 0.25) is 5.02 Å². The minimum atomic E-state index is -5.20. The van der Waals surface area contributed by atoms with Gasteiger partial charge in [0.25, 0.3) is 5.91 Å². The highest BCUT2D eigenvalue weighted by Gasteiger charge is 2.55. The lowest BCUT2D eigenvalue weighted by Crippen LogP contribution is -2.52. The summed E-state index contributed by atoms with van der Waals surface area (Å²) in [6.07, 6.45) is -5.20. The number of alkyl halides is 3.